The average molecular weight is 432 g/mol. The van der Waals surface area contributed by atoms with Gasteiger partial charge in [0.25, 0.3) is 5.56 Å². The lowest BCUT2D eigenvalue weighted by Crippen LogP contribution is -2.22. The van der Waals surface area contributed by atoms with Gasteiger partial charge in [0.1, 0.15) is 9.84 Å². The summed E-state index contributed by atoms with van der Waals surface area (Å²) in [6.07, 6.45) is 1.74. The van der Waals surface area contributed by atoms with Gasteiger partial charge in [-0.1, -0.05) is 17.8 Å². The number of fused-ring (bicyclic) bond motifs is 1. The lowest BCUT2D eigenvalue weighted by Gasteiger charge is -2.09. The SMILES string of the molecule is C=CCn1c(SCc2csc(-c3ccsc3)n2)nc2sc(C)c(C)c2c1=O. The summed E-state index contributed by atoms with van der Waals surface area (Å²) >= 11 is 6.45. The van der Waals surface area contributed by atoms with Crippen LogP contribution >= 0.6 is 45.8 Å². The maximum Gasteiger partial charge on any atom is 0.263 e. The number of aryl methyl sites for hydroxylation is 2. The van der Waals surface area contributed by atoms with Gasteiger partial charge in [-0.2, -0.15) is 11.3 Å². The third-order valence-corrected chi connectivity index (χ3v) is 7.97. The Labute approximate surface area is 173 Å². The second-order valence-corrected chi connectivity index (χ2v) is 9.79. The zero-order chi connectivity index (χ0) is 19.0. The number of thioether (sulfide) groups is 1. The predicted octanol–water partition coefficient (Wildman–Crippen LogP) is 5.74. The van der Waals surface area contributed by atoms with Gasteiger partial charge in [0.05, 0.1) is 11.1 Å². The van der Waals surface area contributed by atoms with Crippen molar-refractivity contribution in [3.05, 3.63) is 61.3 Å². The van der Waals surface area contributed by atoms with Crippen molar-refractivity contribution in [3.8, 4) is 10.6 Å². The molecule has 0 aliphatic heterocycles. The first-order chi connectivity index (χ1) is 13.1. The van der Waals surface area contributed by atoms with Gasteiger partial charge in [-0.3, -0.25) is 9.36 Å². The molecule has 0 fully saturated rings. The molecule has 27 heavy (non-hydrogen) atoms. The van der Waals surface area contributed by atoms with E-state index in [0.29, 0.717) is 12.3 Å². The zero-order valence-corrected chi connectivity index (χ0v) is 18.2. The van der Waals surface area contributed by atoms with Gasteiger partial charge in [0.2, 0.25) is 0 Å². The lowest BCUT2D eigenvalue weighted by atomic mass is 10.2. The highest BCUT2D eigenvalue weighted by molar-refractivity contribution is 7.98. The van der Waals surface area contributed by atoms with Crippen LogP contribution in [0.15, 0.2) is 44.8 Å². The van der Waals surface area contributed by atoms with E-state index in [0.717, 1.165) is 42.1 Å². The molecule has 0 unspecified atom stereocenters. The number of thiophene rings is 2. The second kappa shape index (κ2) is 7.71. The maximum atomic E-state index is 13.0. The lowest BCUT2D eigenvalue weighted by molar-refractivity contribution is 0.672. The molecule has 4 nitrogen and oxygen atoms in total. The van der Waals surface area contributed by atoms with Crippen molar-refractivity contribution in [2.24, 2.45) is 0 Å². The first-order valence-electron chi connectivity index (χ1n) is 8.29. The van der Waals surface area contributed by atoms with Crippen LogP contribution in [0.4, 0.5) is 0 Å². The van der Waals surface area contributed by atoms with Crippen molar-refractivity contribution in [1.29, 1.82) is 0 Å². The average Bonchev–Trinajstić information content (AvgIpc) is 3.37. The molecular weight excluding hydrogens is 414 g/mol. The molecule has 0 radical (unpaired) electrons. The fraction of sp³-hybridized carbons (Fsp3) is 0.211. The summed E-state index contributed by atoms with van der Waals surface area (Å²) < 4.78 is 1.71. The van der Waals surface area contributed by atoms with E-state index in [1.165, 1.54) is 0 Å². The topological polar surface area (TPSA) is 47.8 Å². The van der Waals surface area contributed by atoms with Crippen LogP contribution in [0.25, 0.3) is 20.8 Å². The quantitative estimate of drug-likeness (QED) is 0.222. The number of allylic oxidation sites excluding steroid dienone is 1. The van der Waals surface area contributed by atoms with Gasteiger partial charge in [0, 0.05) is 33.5 Å². The third-order valence-electron chi connectivity index (χ3n) is 4.23. The number of thiazole rings is 1. The number of rotatable bonds is 6. The molecule has 0 bridgehead atoms. The Morgan fingerprint density at radius 3 is 2.89 bits per heavy atom. The summed E-state index contributed by atoms with van der Waals surface area (Å²) in [5.41, 5.74) is 3.21. The molecule has 0 saturated heterocycles. The van der Waals surface area contributed by atoms with Crippen LogP contribution in [0.5, 0.6) is 0 Å². The molecule has 4 heterocycles. The van der Waals surface area contributed by atoms with Gasteiger partial charge in [-0.25, -0.2) is 9.97 Å². The molecule has 0 spiro atoms. The van der Waals surface area contributed by atoms with E-state index in [4.69, 9.17) is 9.97 Å². The summed E-state index contributed by atoms with van der Waals surface area (Å²) in [6.45, 7) is 8.27. The number of aromatic nitrogens is 3. The summed E-state index contributed by atoms with van der Waals surface area (Å²) in [5, 5.41) is 8.73. The summed E-state index contributed by atoms with van der Waals surface area (Å²) in [4.78, 5) is 24.5. The number of hydrogen-bond acceptors (Lipinski definition) is 7. The van der Waals surface area contributed by atoms with Crippen LogP contribution in [0.1, 0.15) is 16.1 Å². The van der Waals surface area contributed by atoms with Crippen molar-refractivity contribution < 1.29 is 0 Å². The van der Waals surface area contributed by atoms with E-state index < -0.39 is 0 Å². The Hall–Kier alpha value is -1.74. The highest BCUT2D eigenvalue weighted by Gasteiger charge is 2.16. The molecule has 0 amide bonds. The van der Waals surface area contributed by atoms with Gasteiger partial charge in [-0.05, 0) is 30.9 Å². The largest absolute Gasteiger partial charge is 0.283 e. The molecule has 8 heteroatoms. The van der Waals surface area contributed by atoms with Gasteiger partial charge < -0.3 is 0 Å². The molecule has 0 N–H and O–H groups in total. The van der Waals surface area contributed by atoms with Crippen molar-refractivity contribution in [3.63, 3.8) is 0 Å². The first kappa shape index (κ1) is 18.6. The molecule has 4 aromatic heterocycles. The Bertz CT molecular complexity index is 1170. The molecule has 0 aliphatic rings. The molecule has 0 saturated carbocycles. The standard InChI is InChI=1S/C19H17N3OS4/c1-4-6-22-18(23)15-11(2)12(3)27-17(15)21-19(22)26-10-14-9-25-16(20-14)13-5-7-24-8-13/h4-5,7-9H,1,6,10H2,2-3H3. The minimum atomic E-state index is 0.0153. The summed E-state index contributed by atoms with van der Waals surface area (Å²) in [5.74, 6) is 0.680. The summed E-state index contributed by atoms with van der Waals surface area (Å²) in [7, 11) is 0. The van der Waals surface area contributed by atoms with Crippen molar-refractivity contribution in [1.82, 2.24) is 14.5 Å². The minimum absolute atomic E-state index is 0.0153. The first-order valence-corrected chi connectivity index (χ1v) is 11.9. The van der Waals surface area contributed by atoms with E-state index in [2.05, 4.69) is 28.8 Å². The van der Waals surface area contributed by atoms with Crippen LogP contribution < -0.4 is 5.56 Å². The van der Waals surface area contributed by atoms with Crippen LogP contribution in [0.2, 0.25) is 0 Å². The Morgan fingerprint density at radius 2 is 2.15 bits per heavy atom. The molecule has 4 rings (SSSR count). The van der Waals surface area contributed by atoms with Crippen molar-refractivity contribution >= 4 is 56.0 Å². The number of nitrogens with zero attached hydrogens (tertiary/aromatic N) is 3. The smallest absolute Gasteiger partial charge is 0.263 e. The Morgan fingerprint density at radius 1 is 1.30 bits per heavy atom. The number of hydrogen-bond donors (Lipinski definition) is 0. The highest BCUT2D eigenvalue weighted by atomic mass is 32.2. The second-order valence-electron chi connectivity index (χ2n) is 6.01. The van der Waals surface area contributed by atoms with Crippen LogP contribution in [-0.2, 0) is 12.3 Å². The monoisotopic (exact) mass is 431 g/mol. The zero-order valence-electron chi connectivity index (χ0n) is 14.9. The highest BCUT2D eigenvalue weighted by Crippen LogP contribution is 2.31. The minimum Gasteiger partial charge on any atom is -0.283 e. The van der Waals surface area contributed by atoms with E-state index in [1.807, 2.05) is 13.8 Å². The molecule has 4 aromatic rings. The Kier molecular flexibility index (Phi) is 5.32. The fourth-order valence-corrected chi connectivity index (χ4v) is 6.35. The fourth-order valence-electron chi connectivity index (χ4n) is 2.74. The summed E-state index contributed by atoms with van der Waals surface area (Å²) in [6, 6.07) is 2.08. The third kappa shape index (κ3) is 3.54. The predicted molar refractivity (Wildman–Crippen MR) is 119 cm³/mol. The van der Waals surface area contributed by atoms with Crippen molar-refractivity contribution in [2.45, 2.75) is 31.3 Å². The van der Waals surface area contributed by atoms with Crippen LogP contribution in [-0.4, -0.2) is 14.5 Å². The molecular formula is C19H17N3OS4. The van der Waals surface area contributed by atoms with E-state index in [1.54, 1.807) is 56.4 Å². The van der Waals surface area contributed by atoms with Crippen molar-refractivity contribution in [2.75, 3.05) is 0 Å². The Balaban J connectivity index is 1.66. The molecule has 0 aromatic carbocycles. The van der Waals surface area contributed by atoms with Gasteiger partial charge >= 0.3 is 0 Å². The molecule has 0 atom stereocenters. The van der Waals surface area contributed by atoms with E-state index >= 15 is 0 Å². The normalized spacial score (nSPS) is 11.3. The van der Waals surface area contributed by atoms with Gasteiger partial charge in [-0.15, -0.1) is 29.3 Å². The van der Waals surface area contributed by atoms with Gasteiger partial charge in [0.15, 0.2) is 5.16 Å². The van der Waals surface area contributed by atoms with E-state index in [-0.39, 0.29) is 5.56 Å². The van der Waals surface area contributed by atoms with E-state index in [9.17, 15) is 4.79 Å². The molecule has 0 aliphatic carbocycles. The maximum absolute atomic E-state index is 13.0. The van der Waals surface area contributed by atoms with Crippen LogP contribution in [0.3, 0.4) is 0 Å². The molecule has 138 valence electrons. The van der Waals surface area contributed by atoms with Crippen LogP contribution in [0, 0.1) is 13.8 Å².